The fourth-order valence-corrected chi connectivity index (χ4v) is 9.70. The summed E-state index contributed by atoms with van der Waals surface area (Å²) < 4.78 is 43.1. The van der Waals surface area contributed by atoms with Crippen LogP contribution in [0, 0.1) is 17.8 Å². The summed E-state index contributed by atoms with van der Waals surface area (Å²) in [5.41, 5.74) is 3.11. The second-order valence-corrected chi connectivity index (χ2v) is 18.4. The second-order valence-electron chi connectivity index (χ2n) is 18.4. The number of aliphatic hydroxyl groups excluding tert-OH is 2. The van der Waals surface area contributed by atoms with Gasteiger partial charge in [-0.1, -0.05) is 67.4 Å². The van der Waals surface area contributed by atoms with E-state index in [-0.39, 0.29) is 63.0 Å². The normalized spacial score (nSPS) is 22.1. The van der Waals surface area contributed by atoms with Gasteiger partial charge in [0.15, 0.2) is 0 Å². The van der Waals surface area contributed by atoms with Crippen LogP contribution < -0.4 is 24.3 Å². The van der Waals surface area contributed by atoms with Crippen LogP contribution in [0.15, 0.2) is 96.2 Å². The molecule has 0 radical (unpaired) electrons. The number of nitrogens with zero attached hydrogens (tertiary/aromatic N) is 2. The third-order valence-electron chi connectivity index (χ3n) is 12.6. The van der Waals surface area contributed by atoms with Crippen molar-refractivity contribution in [3.8, 4) is 23.0 Å². The maximum atomic E-state index is 14.6. The van der Waals surface area contributed by atoms with Gasteiger partial charge in [-0.05, 0) is 106 Å². The van der Waals surface area contributed by atoms with Crippen molar-refractivity contribution in [2.24, 2.45) is 22.9 Å². The molecule has 3 aliphatic rings. The fraction of sp³-hybridized carbons (Fsp3) is 0.528. The maximum Gasteiger partial charge on any atom is 0.417 e. The predicted molar refractivity (Wildman–Crippen MR) is 259 cm³/mol. The Bertz CT molecular complexity index is 2190. The average Bonchev–Trinajstić information content (AvgIpc) is 3.33. The first kappa shape index (κ1) is 51.8. The molecule has 0 unspecified atom stereocenters. The molecule has 1 saturated carbocycles. The highest BCUT2D eigenvalue weighted by molar-refractivity contribution is 6.03. The summed E-state index contributed by atoms with van der Waals surface area (Å²) in [7, 11) is 3.05. The van der Waals surface area contributed by atoms with Gasteiger partial charge < -0.3 is 48.2 Å². The first-order chi connectivity index (χ1) is 32.9. The van der Waals surface area contributed by atoms with Crippen LogP contribution in [0.1, 0.15) is 96.1 Å². The molecule has 1 fully saturated rings. The number of ether oxygens (including phenoxy) is 7. The SMILES string of the molecule is C=CCO[C@@]12Oc3ccc(OC(=O)Nc4ccc(OC)cc4OC)cc3[C@H]3[C@H](CCCCO)[C@@H](CCCCO)C=C(C(=NOC(C)(C)C)C[C@@H]1N(CCC)C(=O)OCCOCc1ccccc1)[C@H]32. The summed E-state index contributed by atoms with van der Waals surface area (Å²) in [4.78, 5) is 36.1. The first-order valence-corrected chi connectivity index (χ1v) is 23.9. The van der Waals surface area contributed by atoms with Gasteiger partial charge in [-0.25, -0.2) is 9.59 Å². The number of benzene rings is 3. The monoisotopic (exact) mass is 942 g/mol. The van der Waals surface area contributed by atoms with E-state index in [1.54, 1.807) is 48.4 Å². The molecule has 6 atom stereocenters. The molecule has 15 heteroatoms. The molecule has 3 aromatic rings. The van der Waals surface area contributed by atoms with Crippen molar-refractivity contribution in [1.29, 1.82) is 0 Å². The highest BCUT2D eigenvalue weighted by atomic mass is 16.7. The lowest BCUT2D eigenvalue weighted by Gasteiger charge is -2.60. The van der Waals surface area contributed by atoms with Crippen LogP contribution in [0.5, 0.6) is 23.0 Å². The summed E-state index contributed by atoms with van der Waals surface area (Å²) in [5.74, 6) is -0.706. The van der Waals surface area contributed by atoms with Crippen LogP contribution in [0.2, 0.25) is 0 Å². The van der Waals surface area contributed by atoms with E-state index in [9.17, 15) is 19.8 Å². The molecule has 0 aromatic heterocycles. The molecule has 2 aliphatic carbocycles. The summed E-state index contributed by atoms with van der Waals surface area (Å²) in [5, 5.41) is 27.7. The van der Waals surface area contributed by atoms with Gasteiger partial charge in [0.05, 0.1) is 51.4 Å². The molecule has 0 spiro atoms. The number of aliphatic hydroxyl groups is 2. The lowest BCUT2D eigenvalue weighted by molar-refractivity contribution is -0.255. The summed E-state index contributed by atoms with van der Waals surface area (Å²) in [6.07, 6.45) is 7.76. The lowest BCUT2D eigenvalue weighted by atomic mass is 9.55. The third kappa shape index (κ3) is 12.7. The number of methoxy groups -OCH3 is 2. The molecule has 0 bridgehead atoms. The van der Waals surface area contributed by atoms with Gasteiger partial charge in [0.2, 0.25) is 5.79 Å². The Morgan fingerprint density at radius 1 is 0.956 bits per heavy atom. The zero-order valence-electron chi connectivity index (χ0n) is 40.6. The quantitative estimate of drug-likeness (QED) is 0.0441. The Hall–Kier alpha value is -5.61. The molecule has 3 aromatic carbocycles. The number of carbonyl (C=O) groups is 2. The Balaban J connectivity index is 1.47. The first-order valence-electron chi connectivity index (χ1n) is 23.9. The van der Waals surface area contributed by atoms with Crippen LogP contribution in [0.3, 0.4) is 0 Å². The zero-order chi connectivity index (χ0) is 48.7. The minimum Gasteiger partial charge on any atom is -0.497 e. The number of anilines is 1. The lowest BCUT2D eigenvalue weighted by Crippen LogP contribution is -2.70. The molecular weight excluding hydrogens is 871 g/mol. The Labute approximate surface area is 401 Å². The van der Waals surface area contributed by atoms with Crippen molar-refractivity contribution in [1.82, 2.24) is 4.90 Å². The number of rotatable bonds is 24. The fourth-order valence-electron chi connectivity index (χ4n) is 9.70. The van der Waals surface area contributed by atoms with Crippen LogP contribution in [-0.4, -0.2) is 104 Å². The summed E-state index contributed by atoms with van der Waals surface area (Å²) in [6, 6.07) is 19.4. The Morgan fingerprint density at radius 3 is 2.40 bits per heavy atom. The van der Waals surface area contributed by atoms with E-state index >= 15 is 0 Å². The highest BCUT2D eigenvalue weighted by Crippen LogP contribution is 2.62. The second kappa shape index (κ2) is 24.6. The Morgan fingerprint density at radius 2 is 1.71 bits per heavy atom. The Kier molecular flexibility index (Phi) is 18.7. The van der Waals surface area contributed by atoms with Gasteiger partial charge in [-0.15, -0.1) is 6.58 Å². The highest BCUT2D eigenvalue weighted by Gasteiger charge is 2.65. The van der Waals surface area contributed by atoms with E-state index in [2.05, 4.69) is 18.0 Å². The molecule has 2 amide bonds. The number of hydrogen-bond acceptors (Lipinski definition) is 13. The van der Waals surface area contributed by atoms with Crippen molar-refractivity contribution in [3.05, 3.63) is 102 Å². The summed E-state index contributed by atoms with van der Waals surface area (Å²) in [6.45, 7) is 13.0. The smallest absolute Gasteiger partial charge is 0.417 e. The van der Waals surface area contributed by atoms with Crippen molar-refractivity contribution in [2.45, 2.75) is 109 Å². The van der Waals surface area contributed by atoms with Crippen LogP contribution in [0.4, 0.5) is 15.3 Å². The van der Waals surface area contributed by atoms with Crippen LogP contribution >= 0.6 is 0 Å². The van der Waals surface area contributed by atoms with E-state index in [1.807, 2.05) is 64.1 Å². The predicted octanol–water partition coefficient (Wildman–Crippen LogP) is 9.81. The molecular formula is C53H71N3O12. The molecule has 15 nitrogen and oxygen atoms in total. The standard InChI is InChI=1S/C53H71N3O12/c1-8-25-56(51(60)64-30-29-63-35-36-17-11-10-12-18-36)47-34-44(55-68-52(3,4)5)41-31-37(19-13-15-26-57)40(20-14-16-27-58)48-42-32-39(22-24-45(42)67-53(47,49(41)48)65-28-9-2)66-50(59)54-43-23-21-38(61-6)33-46(43)62-7/h9-12,17-18,21-24,31-33,37,40,47-49,57-58H,2,8,13-16,19-20,25-30,34-35H2,1,3-7H3,(H,54,59)/t37-,40+,47-,48+,49+,53+/m0/s1. The minimum atomic E-state index is -1.49. The van der Waals surface area contributed by atoms with Crippen LogP contribution in [-0.2, 0) is 25.7 Å². The molecule has 370 valence electrons. The van der Waals surface area contributed by atoms with Crippen molar-refractivity contribution in [2.75, 3.05) is 59.1 Å². The number of hydrogen-bond donors (Lipinski definition) is 3. The zero-order valence-corrected chi connectivity index (χ0v) is 40.6. The van der Waals surface area contributed by atoms with E-state index in [1.165, 1.54) is 7.11 Å². The molecule has 1 heterocycles. The van der Waals surface area contributed by atoms with Gasteiger partial charge in [-0.2, -0.15) is 0 Å². The van der Waals surface area contributed by atoms with Crippen molar-refractivity contribution in [3.63, 3.8) is 0 Å². The van der Waals surface area contributed by atoms with E-state index in [0.717, 1.165) is 42.4 Å². The van der Waals surface area contributed by atoms with Crippen LogP contribution in [0.25, 0.3) is 0 Å². The molecule has 3 N–H and O–H groups in total. The van der Waals surface area contributed by atoms with E-state index in [0.29, 0.717) is 61.1 Å². The number of allylic oxidation sites excluding steroid dienone is 1. The number of unbranched alkanes of at least 4 members (excludes halogenated alkanes) is 2. The number of fused-ring (bicyclic) bond motifs is 2. The third-order valence-corrected chi connectivity index (χ3v) is 12.6. The van der Waals surface area contributed by atoms with Gasteiger partial charge in [0.1, 0.15) is 41.2 Å². The largest absolute Gasteiger partial charge is 0.497 e. The van der Waals surface area contributed by atoms with E-state index in [4.69, 9.17) is 43.2 Å². The maximum absolute atomic E-state index is 14.6. The number of carbonyl (C=O) groups excluding carboxylic acids is 2. The van der Waals surface area contributed by atoms with Gasteiger partial charge in [-0.3, -0.25) is 10.2 Å². The number of amides is 2. The molecule has 6 rings (SSSR count). The molecule has 0 saturated heterocycles. The van der Waals surface area contributed by atoms with Crippen molar-refractivity contribution < 1.29 is 57.8 Å². The molecule has 1 aliphatic heterocycles. The average molecular weight is 942 g/mol. The van der Waals surface area contributed by atoms with Gasteiger partial charge in [0, 0.05) is 43.7 Å². The van der Waals surface area contributed by atoms with Gasteiger partial charge >= 0.3 is 12.2 Å². The summed E-state index contributed by atoms with van der Waals surface area (Å²) >= 11 is 0. The minimum absolute atomic E-state index is 0.000981. The van der Waals surface area contributed by atoms with Gasteiger partial charge in [0.25, 0.3) is 0 Å². The van der Waals surface area contributed by atoms with Crippen molar-refractivity contribution >= 4 is 23.6 Å². The topological polar surface area (TPSA) is 176 Å². The molecule has 68 heavy (non-hydrogen) atoms. The van der Waals surface area contributed by atoms with E-state index < -0.39 is 35.5 Å². The number of nitrogens with one attached hydrogen (secondary N) is 1. The number of oxime groups is 1.